The molecule has 0 radical (unpaired) electrons. The lowest BCUT2D eigenvalue weighted by atomic mass is 9.81. The molecule has 238 valence electrons. The third-order valence-corrected chi connectivity index (χ3v) is 8.17. The number of nitrogens with zero attached hydrogens (tertiary/aromatic N) is 2. The summed E-state index contributed by atoms with van der Waals surface area (Å²) >= 11 is 0. The number of hydrogen-bond acceptors (Lipinski definition) is 7. The van der Waals surface area contributed by atoms with Crippen molar-refractivity contribution in [2.75, 3.05) is 13.2 Å². The number of alkyl halides is 3. The Morgan fingerprint density at radius 2 is 1.85 bits per heavy atom. The van der Waals surface area contributed by atoms with Gasteiger partial charge < -0.3 is 25.6 Å². The van der Waals surface area contributed by atoms with Crippen LogP contribution in [0.25, 0.3) is 22.4 Å². The number of carbonyl (C=O) groups is 2. The molecular weight excluding hydrogens is 608 g/mol. The maximum atomic E-state index is 14.7. The van der Waals surface area contributed by atoms with Crippen molar-refractivity contribution in [3.63, 3.8) is 0 Å². The zero-order chi connectivity index (χ0) is 32.9. The first kappa shape index (κ1) is 31.0. The maximum Gasteiger partial charge on any atom is 0.424 e. The zero-order valence-electron chi connectivity index (χ0n) is 24.4. The highest BCUT2D eigenvalue weighted by molar-refractivity contribution is 5.95. The lowest BCUT2D eigenvalue weighted by Gasteiger charge is -2.31. The fourth-order valence-corrected chi connectivity index (χ4v) is 5.14. The number of rotatable bonds is 9. The van der Waals surface area contributed by atoms with E-state index in [9.17, 15) is 32.3 Å². The van der Waals surface area contributed by atoms with E-state index >= 15 is 0 Å². The van der Waals surface area contributed by atoms with Crippen molar-refractivity contribution in [2.45, 2.75) is 43.1 Å². The summed E-state index contributed by atoms with van der Waals surface area (Å²) < 4.78 is 69.6. The molecular formula is C33H28F4N4O5. The van der Waals surface area contributed by atoms with Gasteiger partial charge in [-0.15, -0.1) is 0 Å². The second kappa shape index (κ2) is 11.4. The molecule has 1 unspecified atom stereocenters. The van der Waals surface area contributed by atoms with E-state index in [4.69, 9.17) is 15.2 Å². The van der Waals surface area contributed by atoms with Crippen LogP contribution in [0.4, 0.5) is 17.6 Å². The summed E-state index contributed by atoms with van der Waals surface area (Å²) in [5.74, 6) is -2.05. The second-order valence-corrected chi connectivity index (χ2v) is 11.5. The number of hydrogen-bond donors (Lipinski definition) is 3. The molecule has 0 spiro atoms. The number of halogens is 4. The monoisotopic (exact) mass is 636 g/mol. The van der Waals surface area contributed by atoms with Gasteiger partial charge in [0.15, 0.2) is 0 Å². The average molecular weight is 637 g/mol. The molecule has 1 saturated carbocycles. The van der Waals surface area contributed by atoms with Crippen LogP contribution in [-0.2, 0) is 15.8 Å². The Labute approximate surface area is 260 Å². The number of primary amides is 1. The number of fused-ring (bicyclic) bond motifs is 1. The summed E-state index contributed by atoms with van der Waals surface area (Å²) in [5.41, 5.74) is 0.743. The van der Waals surface area contributed by atoms with E-state index in [1.54, 1.807) is 24.5 Å². The van der Waals surface area contributed by atoms with Crippen LogP contribution in [0.2, 0.25) is 0 Å². The van der Waals surface area contributed by atoms with E-state index in [2.05, 4.69) is 15.3 Å². The molecule has 9 nitrogen and oxygen atoms in total. The Kier molecular flexibility index (Phi) is 7.67. The second-order valence-electron chi connectivity index (χ2n) is 11.5. The standard InChI is InChI=1S/C33H28F4N4O5/c1-31(30(38)43)17-45-28-24(31)14-26(41-27(28)18-4-7-21(34)8-5-18)32(44,33(35,36)37)16-40-29(42)19-6-11-23(20-3-2-12-39-15-20)25(13-19)46-22-9-10-22/h2-8,11-15,22,44H,9-10,16-17H2,1H3,(H2,38,43)(H,40,42)/t31-,32?/m0/s1. The number of ether oxygens (including phenoxy) is 2. The van der Waals surface area contributed by atoms with Gasteiger partial charge in [-0.25, -0.2) is 9.37 Å². The number of aromatic nitrogens is 2. The van der Waals surface area contributed by atoms with Crippen molar-refractivity contribution in [1.82, 2.24) is 15.3 Å². The van der Waals surface area contributed by atoms with Gasteiger partial charge >= 0.3 is 6.18 Å². The highest BCUT2D eigenvalue weighted by Crippen LogP contribution is 2.47. The smallest absolute Gasteiger partial charge is 0.424 e. The highest BCUT2D eigenvalue weighted by Gasteiger charge is 2.57. The Bertz CT molecular complexity index is 1820. The summed E-state index contributed by atoms with van der Waals surface area (Å²) in [6, 6.07) is 13.6. The maximum absolute atomic E-state index is 14.7. The molecule has 2 atom stereocenters. The topological polar surface area (TPSA) is 137 Å². The lowest BCUT2D eigenvalue weighted by Crippen LogP contribution is -2.51. The van der Waals surface area contributed by atoms with Crippen molar-refractivity contribution in [2.24, 2.45) is 5.73 Å². The predicted molar refractivity (Wildman–Crippen MR) is 157 cm³/mol. The third-order valence-electron chi connectivity index (χ3n) is 8.17. The molecule has 2 aliphatic rings. The van der Waals surface area contributed by atoms with Crippen molar-refractivity contribution in [1.29, 1.82) is 0 Å². The van der Waals surface area contributed by atoms with Gasteiger partial charge in [-0.05, 0) is 74.4 Å². The minimum absolute atomic E-state index is 0.00330. The molecule has 0 bridgehead atoms. The number of nitrogens with two attached hydrogens (primary N) is 1. The van der Waals surface area contributed by atoms with Crippen LogP contribution in [0.3, 0.4) is 0 Å². The molecule has 4 N–H and O–H groups in total. The molecule has 46 heavy (non-hydrogen) atoms. The van der Waals surface area contributed by atoms with E-state index < -0.39 is 47.1 Å². The first-order chi connectivity index (χ1) is 21.8. The van der Waals surface area contributed by atoms with Crippen LogP contribution in [0.15, 0.2) is 73.1 Å². The first-order valence-electron chi connectivity index (χ1n) is 14.3. The van der Waals surface area contributed by atoms with E-state index in [0.717, 1.165) is 36.6 Å². The van der Waals surface area contributed by atoms with Crippen LogP contribution in [0, 0.1) is 5.82 Å². The van der Waals surface area contributed by atoms with Gasteiger partial charge in [0.2, 0.25) is 11.5 Å². The van der Waals surface area contributed by atoms with Crippen LogP contribution < -0.4 is 20.5 Å². The first-order valence-corrected chi connectivity index (χ1v) is 14.3. The van der Waals surface area contributed by atoms with Crippen molar-refractivity contribution in [3.05, 3.63) is 95.7 Å². The quantitative estimate of drug-likeness (QED) is 0.225. The average Bonchev–Trinajstić information content (AvgIpc) is 3.79. The Hall–Kier alpha value is -5.04. The summed E-state index contributed by atoms with van der Waals surface area (Å²) in [7, 11) is 0. The van der Waals surface area contributed by atoms with Crippen LogP contribution in [-0.4, -0.2) is 52.3 Å². The van der Waals surface area contributed by atoms with E-state index in [1.807, 2.05) is 6.07 Å². The molecule has 2 aromatic carbocycles. The minimum Gasteiger partial charge on any atom is -0.490 e. The van der Waals surface area contributed by atoms with Crippen molar-refractivity contribution in [3.8, 4) is 33.9 Å². The minimum atomic E-state index is -5.35. The Morgan fingerprint density at radius 1 is 1.11 bits per heavy atom. The Morgan fingerprint density at radius 3 is 2.48 bits per heavy atom. The highest BCUT2D eigenvalue weighted by atomic mass is 19.4. The van der Waals surface area contributed by atoms with E-state index in [0.29, 0.717) is 11.3 Å². The number of carbonyl (C=O) groups excluding carboxylic acids is 2. The normalized spacial score (nSPS) is 18.7. The Balaban J connectivity index is 1.37. The SMILES string of the molecule is C[C@]1(C(N)=O)COc2c1cc(C(O)(CNC(=O)c1ccc(-c3cccnc3)c(OC3CC3)c1)C(F)(F)F)nc2-c1ccc(F)cc1. The number of aliphatic hydroxyl groups is 1. The molecule has 1 fully saturated rings. The molecule has 1 aliphatic heterocycles. The zero-order valence-corrected chi connectivity index (χ0v) is 24.4. The summed E-state index contributed by atoms with van der Waals surface area (Å²) in [4.78, 5) is 33.9. The number of benzene rings is 2. The van der Waals surface area contributed by atoms with Gasteiger partial charge in [0.25, 0.3) is 5.91 Å². The number of amides is 2. The fraction of sp³-hybridized carbons (Fsp3) is 0.273. The summed E-state index contributed by atoms with van der Waals surface area (Å²) in [5, 5.41) is 13.5. The molecule has 3 heterocycles. The molecule has 6 rings (SSSR count). The molecule has 13 heteroatoms. The third kappa shape index (κ3) is 5.62. The van der Waals surface area contributed by atoms with Crippen molar-refractivity contribution >= 4 is 11.8 Å². The van der Waals surface area contributed by atoms with Crippen molar-refractivity contribution < 1.29 is 41.7 Å². The van der Waals surface area contributed by atoms with E-state index in [-0.39, 0.29) is 40.8 Å². The van der Waals surface area contributed by atoms with Gasteiger partial charge in [0, 0.05) is 40.2 Å². The van der Waals surface area contributed by atoms with E-state index in [1.165, 1.54) is 31.2 Å². The lowest BCUT2D eigenvalue weighted by molar-refractivity contribution is -0.265. The van der Waals surface area contributed by atoms with Crippen LogP contribution in [0.1, 0.15) is 41.4 Å². The molecule has 4 aromatic rings. The van der Waals surface area contributed by atoms with Gasteiger partial charge in [-0.3, -0.25) is 14.6 Å². The molecule has 1 aliphatic carbocycles. The van der Waals surface area contributed by atoms with Gasteiger partial charge in [0.1, 0.15) is 35.0 Å². The molecule has 2 aromatic heterocycles. The molecule has 0 saturated heterocycles. The largest absolute Gasteiger partial charge is 0.490 e. The van der Waals surface area contributed by atoms with Crippen LogP contribution in [0.5, 0.6) is 11.5 Å². The van der Waals surface area contributed by atoms with Gasteiger partial charge in [-0.1, -0.05) is 6.07 Å². The van der Waals surface area contributed by atoms with Crippen LogP contribution >= 0.6 is 0 Å². The fourth-order valence-electron chi connectivity index (χ4n) is 5.14. The van der Waals surface area contributed by atoms with Gasteiger partial charge in [0.05, 0.1) is 18.3 Å². The summed E-state index contributed by atoms with van der Waals surface area (Å²) in [6.45, 7) is -0.232. The summed E-state index contributed by atoms with van der Waals surface area (Å²) in [6.07, 6.45) is -0.510. The number of pyridine rings is 2. The number of nitrogens with one attached hydrogen (secondary N) is 1. The predicted octanol–water partition coefficient (Wildman–Crippen LogP) is 4.81. The van der Waals surface area contributed by atoms with Gasteiger partial charge in [-0.2, -0.15) is 13.2 Å². The molecule has 2 amide bonds.